The van der Waals surface area contributed by atoms with E-state index in [-0.39, 0.29) is 18.4 Å². The highest BCUT2D eigenvalue weighted by Crippen LogP contribution is 2.29. The maximum atomic E-state index is 13.4. The number of halogens is 2. The summed E-state index contributed by atoms with van der Waals surface area (Å²) in [7, 11) is 0. The van der Waals surface area contributed by atoms with Gasteiger partial charge < -0.3 is 10.2 Å². The first-order valence-electron chi connectivity index (χ1n) is 6.86. The zero-order chi connectivity index (χ0) is 15.8. The van der Waals surface area contributed by atoms with Gasteiger partial charge in [-0.2, -0.15) is 0 Å². The lowest BCUT2D eigenvalue weighted by atomic mass is 9.90. The van der Waals surface area contributed by atoms with Crippen molar-refractivity contribution in [3.8, 4) is 0 Å². The number of carbonyl (C=O) groups is 2. The van der Waals surface area contributed by atoms with Crippen molar-refractivity contribution >= 4 is 23.4 Å². The molecule has 2 amide bonds. The summed E-state index contributed by atoms with van der Waals surface area (Å²) < 4.78 is 13.4. The van der Waals surface area contributed by atoms with E-state index in [2.05, 4.69) is 5.32 Å². The molecule has 0 aliphatic carbocycles. The van der Waals surface area contributed by atoms with Crippen molar-refractivity contribution < 1.29 is 14.0 Å². The van der Waals surface area contributed by atoms with Crippen LogP contribution in [0.5, 0.6) is 0 Å². The Kier molecular flexibility index (Phi) is 4.23. The molecule has 0 spiro atoms. The largest absolute Gasteiger partial charge is 0.343 e. The van der Waals surface area contributed by atoms with E-state index in [0.29, 0.717) is 17.0 Å². The minimum atomic E-state index is -0.959. The van der Waals surface area contributed by atoms with Gasteiger partial charge >= 0.3 is 0 Å². The molecule has 0 bridgehead atoms. The summed E-state index contributed by atoms with van der Waals surface area (Å²) in [5.41, 5.74) is -0.467. The Morgan fingerprint density at radius 3 is 2.71 bits per heavy atom. The highest BCUT2D eigenvalue weighted by Gasteiger charge is 2.46. The first-order chi connectivity index (χ1) is 9.79. The lowest BCUT2D eigenvalue weighted by molar-refractivity contribution is -0.157. The maximum absolute atomic E-state index is 13.4. The number of piperazine rings is 1. The van der Waals surface area contributed by atoms with Crippen molar-refractivity contribution in [2.24, 2.45) is 0 Å². The molecule has 114 valence electrons. The SMILES string of the molecule is CCC1(C)C(=O)NC(C)C(=O)N1Cc1cc(F)ccc1Cl. The average Bonchev–Trinajstić information content (AvgIpc) is 2.45. The summed E-state index contributed by atoms with van der Waals surface area (Å²) >= 11 is 6.07. The van der Waals surface area contributed by atoms with Gasteiger partial charge in [-0.25, -0.2) is 4.39 Å². The number of carbonyl (C=O) groups excluding carboxylic acids is 2. The van der Waals surface area contributed by atoms with Gasteiger partial charge in [0.05, 0.1) is 0 Å². The Bertz CT molecular complexity index is 593. The number of nitrogens with one attached hydrogen (secondary N) is 1. The fourth-order valence-corrected chi connectivity index (χ4v) is 2.63. The molecule has 1 aromatic carbocycles. The van der Waals surface area contributed by atoms with Crippen LogP contribution in [0.2, 0.25) is 5.02 Å². The standard InChI is InChI=1S/C15H18ClFN2O2/c1-4-15(3)14(21)18-9(2)13(20)19(15)8-10-7-11(17)5-6-12(10)16/h5-7,9H,4,8H2,1-3H3,(H,18,21). The van der Waals surface area contributed by atoms with Crippen LogP contribution in [0.4, 0.5) is 4.39 Å². The van der Waals surface area contributed by atoms with Crippen LogP contribution in [0.1, 0.15) is 32.8 Å². The third kappa shape index (κ3) is 2.75. The van der Waals surface area contributed by atoms with Gasteiger partial charge in [-0.15, -0.1) is 0 Å². The predicted octanol–water partition coefficient (Wildman–Crippen LogP) is 2.49. The fourth-order valence-electron chi connectivity index (χ4n) is 2.45. The molecule has 1 aromatic rings. The van der Waals surface area contributed by atoms with Crippen LogP contribution >= 0.6 is 11.6 Å². The fraction of sp³-hybridized carbons (Fsp3) is 0.467. The number of hydrogen-bond donors (Lipinski definition) is 1. The highest BCUT2D eigenvalue weighted by atomic mass is 35.5. The molecule has 0 radical (unpaired) electrons. The highest BCUT2D eigenvalue weighted by molar-refractivity contribution is 6.31. The molecule has 1 N–H and O–H groups in total. The summed E-state index contributed by atoms with van der Waals surface area (Å²) in [4.78, 5) is 26.1. The normalized spacial score (nSPS) is 26.0. The molecule has 1 heterocycles. The first kappa shape index (κ1) is 15.8. The molecule has 6 heteroatoms. The first-order valence-corrected chi connectivity index (χ1v) is 7.23. The molecule has 1 aliphatic heterocycles. The lowest BCUT2D eigenvalue weighted by Gasteiger charge is -2.45. The van der Waals surface area contributed by atoms with Gasteiger partial charge in [0.1, 0.15) is 17.4 Å². The summed E-state index contributed by atoms with van der Waals surface area (Å²) in [5, 5.41) is 3.05. The average molecular weight is 313 g/mol. The van der Waals surface area contributed by atoms with Crippen molar-refractivity contribution in [1.29, 1.82) is 0 Å². The van der Waals surface area contributed by atoms with E-state index < -0.39 is 17.4 Å². The number of amides is 2. The Morgan fingerprint density at radius 1 is 1.43 bits per heavy atom. The second-order valence-electron chi connectivity index (χ2n) is 5.48. The molecule has 2 atom stereocenters. The number of rotatable bonds is 3. The third-order valence-corrected chi connectivity index (χ3v) is 4.46. The van der Waals surface area contributed by atoms with E-state index in [1.165, 1.54) is 23.1 Å². The van der Waals surface area contributed by atoms with Gasteiger partial charge in [0, 0.05) is 11.6 Å². The molecule has 0 aromatic heterocycles. The molecular weight excluding hydrogens is 295 g/mol. The van der Waals surface area contributed by atoms with Gasteiger partial charge in [-0.1, -0.05) is 18.5 Å². The maximum Gasteiger partial charge on any atom is 0.246 e. The van der Waals surface area contributed by atoms with E-state index in [1.54, 1.807) is 13.8 Å². The predicted molar refractivity (Wildman–Crippen MR) is 78.3 cm³/mol. The van der Waals surface area contributed by atoms with Crippen LogP contribution in [-0.2, 0) is 16.1 Å². The number of hydrogen-bond acceptors (Lipinski definition) is 2. The number of nitrogens with zero attached hydrogens (tertiary/aromatic N) is 1. The van der Waals surface area contributed by atoms with E-state index in [4.69, 9.17) is 11.6 Å². The summed E-state index contributed by atoms with van der Waals surface area (Å²) in [5.74, 6) is -0.821. The van der Waals surface area contributed by atoms with Crippen molar-refractivity contribution in [2.75, 3.05) is 0 Å². The van der Waals surface area contributed by atoms with Crippen molar-refractivity contribution in [2.45, 2.75) is 45.3 Å². The Labute approximate surface area is 128 Å². The topological polar surface area (TPSA) is 49.4 Å². The van der Waals surface area contributed by atoms with Crippen LogP contribution in [-0.4, -0.2) is 28.3 Å². The smallest absolute Gasteiger partial charge is 0.246 e. The van der Waals surface area contributed by atoms with Gasteiger partial charge in [0.15, 0.2) is 0 Å². The van der Waals surface area contributed by atoms with Gasteiger partial charge in [-0.05, 0) is 44.0 Å². The molecule has 4 nitrogen and oxygen atoms in total. The van der Waals surface area contributed by atoms with Gasteiger partial charge in [0.25, 0.3) is 0 Å². The van der Waals surface area contributed by atoms with Gasteiger partial charge in [-0.3, -0.25) is 9.59 Å². The molecule has 2 rings (SSSR count). The van der Waals surface area contributed by atoms with Crippen molar-refractivity contribution in [3.63, 3.8) is 0 Å². The molecule has 2 unspecified atom stereocenters. The van der Waals surface area contributed by atoms with Crippen LogP contribution in [0.15, 0.2) is 18.2 Å². The molecule has 0 saturated carbocycles. The summed E-state index contributed by atoms with van der Waals surface area (Å²) in [6.07, 6.45) is 0.463. The van der Waals surface area contributed by atoms with Crippen molar-refractivity contribution in [3.05, 3.63) is 34.6 Å². The van der Waals surface area contributed by atoms with Crippen molar-refractivity contribution in [1.82, 2.24) is 10.2 Å². The minimum absolute atomic E-state index is 0.109. The quantitative estimate of drug-likeness (QED) is 0.932. The Balaban J connectivity index is 2.40. The Hall–Kier alpha value is -1.62. The van der Waals surface area contributed by atoms with Crippen LogP contribution in [0.25, 0.3) is 0 Å². The second-order valence-corrected chi connectivity index (χ2v) is 5.89. The molecule has 1 fully saturated rings. The molecular formula is C15H18ClFN2O2. The number of benzene rings is 1. The molecule has 1 saturated heterocycles. The van der Waals surface area contributed by atoms with Crippen LogP contribution < -0.4 is 5.32 Å². The minimum Gasteiger partial charge on any atom is -0.343 e. The van der Waals surface area contributed by atoms with E-state index in [1.807, 2.05) is 6.92 Å². The zero-order valence-corrected chi connectivity index (χ0v) is 13.0. The lowest BCUT2D eigenvalue weighted by Crippen LogP contribution is -2.68. The monoisotopic (exact) mass is 312 g/mol. The van der Waals surface area contributed by atoms with E-state index >= 15 is 0 Å². The second kappa shape index (κ2) is 5.64. The Morgan fingerprint density at radius 2 is 2.10 bits per heavy atom. The molecule has 1 aliphatic rings. The van der Waals surface area contributed by atoms with Crippen LogP contribution in [0, 0.1) is 5.82 Å². The van der Waals surface area contributed by atoms with E-state index in [0.717, 1.165) is 0 Å². The summed E-state index contributed by atoms with van der Waals surface area (Å²) in [6, 6.07) is 3.42. The van der Waals surface area contributed by atoms with E-state index in [9.17, 15) is 14.0 Å². The molecule has 21 heavy (non-hydrogen) atoms. The van der Waals surface area contributed by atoms with Gasteiger partial charge in [0.2, 0.25) is 11.8 Å². The summed E-state index contributed by atoms with van der Waals surface area (Å²) in [6.45, 7) is 5.29. The van der Waals surface area contributed by atoms with Crippen LogP contribution in [0.3, 0.4) is 0 Å². The third-order valence-electron chi connectivity index (χ3n) is 4.09. The zero-order valence-electron chi connectivity index (χ0n) is 12.2.